The lowest BCUT2D eigenvalue weighted by atomic mass is 10.2. The smallest absolute Gasteiger partial charge is 0.346 e. The zero-order chi connectivity index (χ0) is 22.1. The van der Waals surface area contributed by atoms with Crippen LogP contribution in [-0.2, 0) is 14.9 Å². The summed E-state index contributed by atoms with van der Waals surface area (Å²) in [5.74, 6) is -0.638. The number of thioether (sulfide) groups is 1. The molecule has 0 N–H and O–H groups in total. The number of carbonyl (C=O) groups is 2. The highest BCUT2D eigenvalue weighted by Gasteiger charge is 2.32. The van der Waals surface area contributed by atoms with Crippen molar-refractivity contribution in [2.24, 2.45) is 0 Å². The van der Waals surface area contributed by atoms with E-state index < -0.39 is 36.8 Å². The van der Waals surface area contributed by atoms with Gasteiger partial charge in [-0.3, -0.25) is 24.6 Å². The van der Waals surface area contributed by atoms with Crippen LogP contribution in [0.5, 0.6) is 11.5 Å². The lowest BCUT2D eigenvalue weighted by Gasteiger charge is -2.11. The number of methoxy groups -OCH3 is 1. The van der Waals surface area contributed by atoms with Gasteiger partial charge in [-0.25, -0.2) is 0 Å². The summed E-state index contributed by atoms with van der Waals surface area (Å²) in [6, 6.07) is 8.94. The Morgan fingerprint density at radius 2 is 1.83 bits per heavy atom. The molecule has 0 bridgehead atoms. The Bertz CT molecular complexity index is 1190. The highest BCUT2D eigenvalue weighted by molar-refractivity contribution is 8.18. The Balaban J connectivity index is 1.94. The van der Waals surface area contributed by atoms with E-state index in [0.717, 1.165) is 28.8 Å². The lowest BCUT2D eigenvalue weighted by Crippen LogP contribution is -2.22. The quantitative estimate of drug-likeness (QED) is 0.282. The molecule has 1 saturated heterocycles. The molecule has 0 aliphatic carbocycles. The minimum absolute atomic E-state index is 0.0154. The maximum absolute atomic E-state index is 12.6. The topological polar surface area (TPSA) is 133 Å². The molecule has 0 aromatic heterocycles. The third kappa shape index (κ3) is 4.14. The van der Waals surface area contributed by atoms with Crippen molar-refractivity contribution in [2.75, 3.05) is 14.2 Å². The van der Waals surface area contributed by atoms with Gasteiger partial charge in [-0.2, -0.15) is 8.42 Å². The number of hydrogen-bond acceptors (Lipinski definition) is 9. The second-order valence-electron chi connectivity index (χ2n) is 5.91. The number of amides is 2. The van der Waals surface area contributed by atoms with Crippen LogP contribution in [0.4, 0.5) is 10.5 Å². The van der Waals surface area contributed by atoms with Crippen LogP contribution in [0, 0.1) is 10.1 Å². The molecular formula is C18H14N2O8S2. The molecule has 1 aliphatic heterocycles. The molecule has 0 saturated carbocycles. The standard InChI is InChI=1S/C18H14N2O8S2/c1-19-17(21)15(29-18(19)22)10-11-7-8-13(14(9-11)27-2)28-30(25,26)16-6-4-3-5-12(16)20(23)24/h3-10H,1-2H3/b15-10-. The van der Waals surface area contributed by atoms with E-state index in [4.69, 9.17) is 8.92 Å². The number of para-hydroxylation sites is 1. The van der Waals surface area contributed by atoms with Crippen molar-refractivity contribution in [3.63, 3.8) is 0 Å². The van der Waals surface area contributed by atoms with Gasteiger partial charge in [-0.05, 0) is 41.6 Å². The third-order valence-corrected chi connectivity index (χ3v) is 6.25. The van der Waals surface area contributed by atoms with Gasteiger partial charge in [0.25, 0.3) is 16.8 Å². The molecule has 30 heavy (non-hydrogen) atoms. The normalized spacial score (nSPS) is 15.5. The summed E-state index contributed by atoms with van der Waals surface area (Å²) in [6.07, 6.45) is 1.46. The number of likely N-dealkylation sites (N-methyl/N-ethyl adjacent to an activating group) is 1. The number of rotatable bonds is 6. The van der Waals surface area contributed by atoms with Crippen molar-refractivity contribution in [2.45, 2.75) is 4.90 Å². The Labute approximate surface area is 175 Å². The van der Waals surface area contributed by atoms with Crippen molar-refractivity contribution in [1.29, 1.82) is 0 Å². The SMILES string of the molecule is COc1cc(/C=C2\SC(=O)N(C)C2=O)ccc1OS(=O)(=O)c1ccccc1[N+](=O)[O-]. The summed E-state index contributed by atoms with van der Waals surface area (Å²) >= 11 is 0.773. The molecule has 1 fully saturated rings. The molecule has 10 nitrogen and oxygen atoms in total. The second kappa shape index (κ2) is 8.16. The maximum atomic E-state index is 12.6. The largest absolute Gasteiger partial charge is 0.493 e. The van der Waals surface area contributed by atoms with Crippen LogP contribution in [0.2, 0.25) is 0 Å². The summed E-state index contributed by atoms with van der Waals surface area (Å²) in [7, 11) is -1.88. The van der Waals surface area contributed by atoms with E-state index in [9.17, 15) is 28.1 Å². The Morgan fingerprint density at radius 1 is 1.13 bits per heavy atom. The first-order valence-corrected chi connectivity index (χ1v) is 10.4. The molecule has 0 unspecified atom stereocenters. The zero-order valence-electron chi connectivity index (χ0n) is 15.6. The minimum atomic E-state index is -4.53. The van der Waals surface area contributed by atoms with Crippen LogP contribution in [0.3, 0.4) is 0 Å². The van der Waals surface area contributed by atoms with Crippen LogP contribution >= 0.6 is 11.8 Å². The van der Waals surface area contributed by atoms with Crippen molar-refractivity contribution in [1.82, 2.24) is 4.90 Å². The number of benzene rings is 2. The lowest BCUT2D eigenvalue weighted by molar-refractivity contribution is -0.387. The van der Waals surface area contributed by atoms with Gasteiger partial charge in [0.2, 0.25) is 0 Å². The molecule has 1 aliphatic rings. The second-order valence-corrected chi connectivity index (χ2v) is 8.42. The summed E-state index contributed by atoms with van der Waals surface area (Å²) in [4.78, 5) is 34.5. The highest BCUT2D eigenvalue weighted by Crippen LogP contribution is 2.35. The van der Waals surface area contributed by atoms with Crippen LogP contribution in [0.25, 0.3) is 6.08 Å². The molecular weight excluding hydrogens is 436 g/mol. The molecule has 3 rings (SSSR count). The van der Waals surface area contributed by atoms with E-state index in [-0.39, 0.29) is 16.4 Å². The van der Waals surface area contributed by atoms with Crippen LogP contribution in [0.1, 0.15) is 5.56 Å². The fourth-order valence-electron chi connectivity index (χ4n) is 2.52. The van der Waals surface area contributed by atoms with Crippen molar-refractivity contribution in [3.05, 3.63) is 63.0 Å². The number of hydrogen-bond donors (Lipinski definition) is 0. The van der Waals surface area contributed by atoms with E-state index >= 15 is 0 Å². The number of imide groups is 1. The number of nitrogens with zero attached hydrogens (tertiary/aromatic N) is 2. The van der Waals surface area contributed by atoms with Crippen LogP contribution < -0.4 is 8.92 Å². The predicted octanol–water partition coefficient (Wildman–Crippen LogP) is 3.04. The summed E-state index contributed by atoms with van der Waals surface area (Å²) in [5, 5.41) is 10.7. The first kappa shape index (κ1) is 21.3. The Hall–Kier alpha value is -3.38. The average molecular weight is 450 g/mol. The molecule has 2 aromatic carbocycles. The molecule has 2 amide bonds. The average Bonchev–Trinajstić information content (AvgIpc) is 2.95. The third-order valence-electron chi connectivity index (χ3n) is 4.00. The van der Waals surface area contributed by atoms with Crippen LogP contribution in [-0.4, -0.2) is 43.5 Å². The van der Waals surface area contributed by atoms with E-state index in [1.165, 1.54) is 50.6 Å². The molecule has 156 valence electrons. The Morgan fingerprint density at radius 3 is 2.43 bits per heavy atom. The molecule has 0 atom stereocenters. The molecule has 0 spiro atoms. The summed E-state index contributed by atoms with van der Waals surface area (Å²) in [6.45, 7) is 0. The fourth-order valence-corrected chi connectivity index (χ4v) is 4.46. The number of nitro benzene ring substituents is 1. The first-order valence-electron chi connectivity index (χ1n) is 8.21. The molecule has 2 aromatic rings. The monoisotopic (exact) mass is 450 g/mol. The van der Waals surface area contributed by atoms with Gasteiger partial charge in [0.15, 0.2) is 16.4 Å². The number of nitro groups is 1. The van der Waals surface area contributed by atoms with Gasteiger partial charge in [0, 0.05) is 13.1 Å². The van der Waals surface area contributed by atoms with Crippen molar-refractivity contribution in [3.8, 4) is 11.5 Å². The van der Waals surface area contributed by atoms with Gasteiger partial charge in [-0.1, -0.05) is 18.2 Å². The van der Waals surface area contributed by atoms with Gasteiger partial charge >= 0.3 is 10.1 Å². The molecule has 0 radical (unpaired) electrons. The minimum Gasteiger partial charge on any atom is -0.493 e. The predicted molar refractivity (Wildman–Crippen MR) is 108 cm³/mol. The van der Waals surface area contributed by atoms with Gasteiger partial charge < -0.3 is 8.92 Å². The fraction of sp³-hybridized carbons (Fsp3) is 0.111. The highest BCUT2D eigenvalue weighted by atomic mass is 32.2. The van der Waals surface area contributed by atoms with Gasteiger partial charge in [0.05, 0.1) is 16.9 Å². The van der Waals surface area contributed by atoms with E-state index in [2.05, 4.69) is 0 Å². The van der Waals surface area contributed by atoms with Crippen LogP contribution in [0.15, 0.2) is 52.3 Å². The number of carbonyl (C=O) groups excluding carboxylic acids is 2. The molecule has 1 heterocycles. The molecule has 12 heteroatoms. The summed E-state index contributed by atoms with van der Waals surface area (Å²) < 4.78 is 35.4. The van der Waals surface area contributed by atoms with Crippen molar-refractivity contribution >= 4 is 44.8 Å². The number of ether oxygens (including phenoxy) is 1. The zero-order valence-corrected chi connectivity index (χ0v) is 17.2. The van der Waals surface area contributed by atoms with E-state index in [1.54, 1.807) is 0 Å². The van der Waals surface area contributed by atoms with Crippen molar-refractivity contribution < 1.29 is 31.9 Å². The van der Waals surface area contributed by atoms with Gasteiger partial charge in [0.1, 0.15) is 0 Å². The van der Waals surface area contributed by atoms with E-state index in [0.29, 0.717) is 5.56 Å². The first-order chi connectivity index (χ1) is 14.1. The summed E-state index contributed by atoms with van der Waals surface area (Å²) in [5.41, 5.74) is -0.162. The van der Waals surface area contributed by atoms with Gasteiger partial charge in [-0.15, -0.1) is 0 Å². The van der Waals surface area contributed by atoms with E-state index in [1.807, 2.05) is 0 Å². The maximum Gasteiger partial charge on any atom is 0.346 e. The Kier molecular flexibility index (Phi) is 5.80.